The smallest absolute Gasteiger partial charge is 0.323 e. The van der Waals surface area contributed by atoms with Crippen LogP contribution in [-0.2, 0) is 11.2 Å². The van der Waals surface area contributed by atoms with Gasteiger partial charge in [0.05, 0.1) is 26.0 Å². The molecule has 1 aliphatic rings. The minimum Gasteiger partial charge on any atom is -0.504 e. The van der Waals surface area contributed by atoms with Crippen LogP contribution in [0.15, 0.2) is 53.1 Å². The average molecular weight is 595 g/mol. The molecule has 228 valence electrons. The van der Waals surface area contributed by atoms with Gasteiger partial charge in [0.25, 0.3) is 5.91 Å². The normalized spacial score (nSPS) is 14.4. The number of fused-ring (bicyclic) bond motifs is 1. The summed E-state index contributed by atoms with van der Waals surface area (Å²) in [4.78, 5) is 36.0. The third kappa shape index (κ3) is 6.98. The summed E-state index contributed by atoms with van der Waals surface area (Å²) in [6.45, 7) is 3.69. The number of nitrogens with zero attached hydrogens (tertiary/aromatic N) is 4. The van der Waals surface area contributed by atoms with Crippen molar-refractivity contribution in [1.82, 2.24) is 14.9 Å². The molecule has 1 fully saturated rings. The van der Waals surface area contributed by atoms with E-state index in [1.54, 1.807) is 43.4 Å². The topological polar surface area (TPSA) is 211 Å². The molecule has 0 saturated carbocycles. The first kappa shape index (κ1) is 30.7. The maximum Gasteiger partial charge on any atom is 0.323 e. The van der Waals surface area contributed by atoms with Crippen LogP contribution in [0.1, 0.15) is 23.0 Å². The Balaban J connectivity index is 0.000000239. The van der Waals surface area contributed by atoms with Crippen LogP contribution in [0.4, 0.5) is 11.8 Å². The molecule has 2 aromatic carbocycles. The lowest BCUT2D eigenvalue weighted by atomic mass is 9.94. The van der Waals surface area contributed by atoms with Crippen LogP contribution in [0, 0.1) is 0 Å². The summed E-state index contributed by atoms with van der Waals surface area (Å²) in [7, 11) is 3.14. The van der Waals surface area contributed by atoms with Crippen molar-refractivity contribution in [2.24, 2.45) is 5.73 Å². The summed E-state index contributed by atoms with van der Waals surface area (Å²) in [6, 6.07) is 11.0. The van der Waals surface area contributed by atoms with Crippen molar-refractivity contribution in [2.75, 3.05) is 51.0 Å². The number of ether oxygens (including phenoxy) is 2. The van der Waals surface area contributed by atoms with Crippen LogP contribution in [0.3, 0.4) is 0 Å². The Hall–Kier alpha value is -5.24. The minimum atomic E-state index is -1.39. The van der Waals surface area contributed by atoms with Crippen molar-refractivity contribution >= 4 is 34.5 Å². The fourth-order valence-electron chi connectivity index (χ4n) is 4.45. The monoisotopic (exact) mass is 594 g/mol. The van der Waals surface area contributed by atoms with Gasteiger partial charge in [-0.2, -0.15) is 4.98 Å². The average Bonchev–Trinajstić information content (AvgIpc) is 3.53. The van der Waals surface area contributed by atoms with Crippen LogP contribution in [-0.4, -0.2) is 88.0 Å². The molecular formula is C29H34N6O8. The second-order valence-corrected chi connectivity index (χ2v) is 10.1. The molecule has 1 atom stereocenters. The zero-order valence-corrected chi connectivity index (χ0v) is 24.0. The molecule has 0 unspecified atom stereocenters. The Morgan fingerprint density at radius 1 is 1.00 bits per heavy atom. The van der Waals surface area contributed by atoms with Crippen molar-refractivity contribution in [3.8, 4) is 23.0 Å². The number of phenolic OH excluding ortho intramolecular Hbond substituents is 2. The molecule has 1 amide bonds. The Kier molecular flexibility index (Phi) is 9.09. The predicted octanol–water partition coefficient (Wildman–Crippen LogP) is 2.23. The molecule has 0 spiro atoms. The summed E-state index contributed by atoms with van der Waals surface area (Å²) < 4.78 is 15.9. The van der Waals surface area contributed by atoms with E-state index in [-0.39, 0.29) is 23.8 Å². The van der Waals surface area contributed by atoms with Gasteiger partial charge in [0, 0.05) is 44.1 Å². The van der Waals surface area contributed by atoms with Gasteiger partial charge in [-0.15, -0.1) is 0 Å². The number of phenols is 2. The second-order valence-electron chi connectivity index (χ2n) is 10.1. The number of aliphatic carboxylic acids is 1. The maximum absolute atomic E-state index is 12.4. The molecule has 0 radical (unpaired) electrons. The summed E-state index contributed by atoms with van der Waals surface area (Å²) in [5.41, 5.74) is 11.5. The molecule has 1 saturated heterocycles. The molecule has 4 aromatic rings. The molecular weight excluding hydrogens is 560 g/mol. The fraction of sp³-hybridized carbons (Fsp3) is 0.310. The van der Waals surface area contributed by atoms with Gasteiger partial charge in [0.15, 0.2) is 28.8 Å². The minimum absolute atomic E-state index is 0.0795. The number of carbonyl (C=O) groups is 2. The number of rotatable bonds is 7. The summed E-state index contributed by atoms with van der Waals surface area (Å²) in [6.07, 6.45) is 1.58. The lowest BCUT2D eigenvalue weighted by Gasteiger charge is -2.34. The number of aromatic nitrogens is 2. The molecule has 1 aliphatic heterocycles. The number of nitrogen functional groups attached to an aromatic ring is 1. The van der Waals surface area contributed by atoms with Crippen LogP contribution in [0.2, 0.25) is 0 Å². The number of carbonyl (C=O) groups excluding carboxylic acids is 1. The van der Waals surface area contributed by atoms with Gasteiger partial charge in [0.1, 0.15) is 11.4 Å². The number of aromatic hydroxyl groups is 2. The lowest BCUT2D eigenvalue weighted by molar-refractivity contribution is -0.142. The van der Waals surface area contributed by atoms with E-state index in [4.69, 9.17) is 35.6 Å². The van der Waals surface area contributed by atoms with Crippen molar-refractivity contribution in [3.05, 3.63) is 60.1 Å². The van der Waals surface area contributed by atoms with Gasteiger partial charge in [0.2, 0.25) is 5.95 Å². The van der Waals surface area contributed by atoms with Crippen molar-refractivity contribution in [3.63, 3.8) is 0 Å². The van der Waals surface area contributed by atoms with Gasteiger partial charge < -0.3 is 50.5 Å². The SMILES string of the molecule is COc1cc2nc(N3CCN(C(=O)c4ccco4)CC3)nc(N)c2cc1OC.C[C@](N)(Cc1ccc(O)c(O)c1)C(=O)O. The van der Waals surface area contributed by atoms with Gasteiger partial charge in [-0.3, -0.25) is 9.59 Å². The molecule has 0 bridgehead atoms. The molecule has 2 aromatic heterocycles. The first-order valence-corrected chi connectivity index (χ1v) is 13.2. The third-order valence-corrected chi connectivity index (χ3v) is 6.90. The maximum atomic E-state index is 12.4. The fourth-order valence-corrected chi connectivity index (χ4v) is 4.45. The Labute approximate surface area is 247 Å². The number of carboxylic acids is 1. The molecule has 3 heterocycles. The molecule has 43 heavy (non-hydrogen) atoms. The first-order chi connectivity index (χ1) is 20.4. The summed E-state index contributed by atoms with van der Waals surface area (Å²) >= 11 is 0. The zero-order valence-electron chi connectivity index (χ0n) is 24.0. The summed E-state index contributed by atoms with van der Waals surface area (Å²) in [5.74, 6) is 0.644. The number of nitrogens with two attached hydrogens (primary N) is 2. The van der Waals surface area contributed by atoms with Gasteiger partial charge in [-0.05, 0) is 42.8 Å². The molecule has 5 rings (SSSR count). The van der Waals surface area contributed by atoms with E-state index in [9.17, 15) is 14.7 Å². The number of piperazine rings is 1. The highest BCUT2D eigenvalue weighted by Crippen LogP contribution is 2.34. The van der Waals surface area contributed by atoms with Crippen LogP contribution in [0.25, 0.3) is 10.9 Å². The molecule has 14 heteroatoms. The number of hydrogen-bond donors (Lipinski definition) is 5. The van der Waals surface area contributed by atoms with Crippen molar-refractivity contribution in [2.45, 2.75) is 18.9 Å². The molecule has 14 nitrogen and oxygen atoms in total. The highest BCUT2D eigenvalue weighted by Gasteiger charge is 2.28. The molecule has 7 N–H and O–H groups in total. The predicted molar refractivity (Wildman–Crippen MR) is 158 cm³/mol. The highest BCUT2D eigenvalue weighted by molar-refractivity contribution is 5.92. The number of hydrogen-bond acceptors (Lipinski definition) is 12. The van der Waals surface area contributed by atoms with Crippen LogP contribution >= 0.6 is 0 Å². The van der Waals surface area contributed by atoms with Crippen LogP contribution in [0.5, 0.6) is 23.0 Å². The van der Waals surface area contributed by atoms with E-state index in [1.807, 2.05) is 4.90 Å². The zero-order chi connectivity index (χ0) is 31.3. The van der Waals surface area contributed by atoms with Gasteiger partial charge >= 0.3 is 5.97 Å². The quantitative estimate of drug-likeness (QED) is 0.195. The number of benzene rings is 2. The Bertz CT molecular complexity index is 1600. The number of amides is 1. The Morgan fingerprint density at radius 3 is 2.26 bits per heavy atom. The van der Waals surface area contributed by atoms with Crippen molar-refractivity contribution < 1.29 is 38.8 Å². The highest BCUT2D eigenvalue weighted by atomic mass is 16.5. The standard InChI is InChI=1S/C19H21N5O4.C10H13NO4/c1-26-15-10-12-13(11-16(15)27-2)21-19(22-17(12)20)24-7-5-23(6-8-24)18(25)14-4-3-9-28-14;1-10(11,9(14)15)5-6-2-3-7(12)8(13)4-6/h3-4,9-11H,5-8H2,1-2H3,(H2,20,21,22);2-4,12-13H,5,11H2,1H3,(H,14,15)/t;10-/m.0/s1. The van der Waals surface area contributed by atoms with E-state index in [0.29, 0.717) is 71.7 Å². The van der Waals surface area contributed by atoms with Gasteiger partial charge in [-0.25, -0.2) is 4.98 Å². The second kappa shape index (κ2) is 12.7. The third-order valence-electron chi connectivity index (χ3n) is 6.90. The number of anilines is 2. The number of carboxylic acid groups (broad SMARTS) is 1. The number of furan rings is 1. The van der Waals surface area contributed by atoms with E-state index in [1.165, 1.54) is 31.4 Å². The van der Waals surface area contributed by atoms with Crippen molar-refractivity contribution in [1.29, 1.82) is 0 Å². The van der Waals surface area contributed by atoms with E-state index in [0.717, 1.165) is 0 Å². The van der Waals surface area contributed by atoms with E-state index >= 15 is 0 Å². The first-order valence-electron chi connectivity index (χ1n) is 13.2. The molecule has 0 aliphatic carbocycles. The largest absolute Gasteiger partial charge is 0.504 e. The van der Waals surface area contributed by atoms with Gasteiger partial charge in [-0.1, -0.05) is 6.07 Å². The van der Waals surface area contributed by atoms with E-state index in [2.05, 4.69) is 9.97 Å². The lowest BCUT2D eigenvalue weighted by Crippen LogP contribution is -2.49. The van der Waals surface area contributed by atoms with Crippen LogP contribution < -0.4 is 25.8 Å². The Morgan fingerprint density at radius 2 is 1.67 bits per heavy atom. The summed E-state index contributed by atoms with van der Waals surface area (Å²) in [5, 5.41) is 27.7. The number of methoxy groups -OCH3 is 2. The van der Waals surface area contributed by atoms with E-state index < -0.39 is 11.5 Å².